The number of hydrogen-bond acceptors (Lipinski definition) is 7. The molecule has 0 spiro atoms. The number of methoxy groups -OCH3 is 2. The summed E-state index contributed by atoms with van der Waals surface area (Å²) in [6.07, 6.45) is 6.94. The first kappa shape index (κ1) is 22.3. The highest BCUT2D eigenvalue weighted by Crippen LogP contribution is 2.35. The second-order valence-corrected chi connectivity index (χ2v) is 9.56. The van der Waals surface area contributed by atoms with E-state index in [0.29, 0.717) is 17.2 Å². The normalized spacial score (nSPS) is 13.3. The van der Waals surface area contributed by atoms with E-state index in [1.54, 1.807) is 36.6 Å². The van der Waals surface area contributed by atoms with Crippen LogP contribution >= 0.6 is 23.3 Å². The van der Waals surface area contributed by atoms with Crippen LogP contribution in [0.5, 0.6) is 5.75 Å². The van der Waals surface area contributed by atoms with Crippen molar-refractivity contribution in [1.82, 2.24) is 4.98 Å². The van der Waals surface area contributed by atoms with Crippen LogP contribution in [0.1, 0.15) is 41.6 Å². The summed E-state index contributed by atoms with van der Waals surface area (Å²) in [7, 11) is 2.93. The lowest BCUT2D eigenvalue weighted by atomic mass is 10.1. The number of carbonyl (C=O) groups excluding carboxylic acids is 1. The maximum Gasteiger partial charge on any atom is 0.337 e. The topological polar surface area (TPSA) is 60.5 Å². The van der Waals surface area contributed by atoms with E-state index in [4.69, 9.17) is 9.47 Å². The first-order valence-electron chi connectivity index (χ1n) is 10.4. The molecule has 1 aromatic heterocycles. The van der Waals surface area contributed by atoms with Crippen LogP contribution in [0.2, 0.25) is 0 Å². The molecular weight excluding hydrogens is 440 g/mol. The Bertz CT molecular complexity index is 1140. The van der Waals surface area contributed by atoms with E-state index in [1.165, 1.54) is 44.7 Å². The molecular formula is C25H24N2O3S2. The third-order valence-corrected chi connectivity index (χ3v) is 7.25. The van der Waals surface area contributed by atoms with E-state index in [2.05, 4.69) is 45.8 Å². The van der Waals surface area contributed by atoms with Gasteiger partial charge >= 0.3 is 5.97 Å². The summed E-state index contributed by atoms with van der Waals surface area (Å²) < 4.78 is 14.5. The second kappa shape index (κ2) is 10.6. The van der Waals surface area contributed by atoms with Gasteiger partial charge in [0.2, 0.25) is 0 Å². The summed E-state index contributed by atoms with van der Waals surface area (Å²) in [6.45, 7) is 0. The number of aromatic nitrogens is 1. The quantitative estimate of drug-likeness (QED) is 0.264. The van der Waals surface area contributed by atoms with Gasteiger partial charge < -0.3 is 14.2 Å². The minimum atomic E-state index is -0.398. The molecule has 3 aromatic rings. The van der Waals surface area contributed by atoms with Gasteiger partial charge in [-0.25, -0.2) is 9.78 Å². The van der Waals surface area contributed by atoms with Crippen molar-refractivity contribution in [3.8, 4) is 28.2 Å². The highest BCUT2D eigenvalue weighted by atomic mass is 32.2. The lowest BCUT2D eigenvalue weighted by molar-refractivity contribution is 0.0600. The van der Waals surface area contributed by atoms with Gasteiger partial charge in [0.25, 0.3) is 0 Å². The van der Waals surface area contributed by atoms with Crippen molar-refractivity contribution in [2.24, 2.45) is 5.92 Å². The van der Waals surface area contributed by atoms with E-state index in [0.717, 1.165) is 26.0 Å². The maximum atomic E-state index is 11.7. The van der Waals surface area contributed by atoms with Gasteiger partial charge in [0.15, 0.2) is 0 Å². The Balaban J connectivity index is 1.39. The molecule has 0 unspecified atom stereocenters. The monoisotopic (exact) mass is 464 g/mol. The Morgan fingerprint density at radius 3 is 2.66 bits per heavy atom. The lowest BCUT2D eigenvalue weighted by Gasteiger charge is -2.10. The summed E-state index contributed by atoms with van der Waals surface area (Å²) in [5.41, 5.74) is 3.34. The first-order chi connectivity index (χ1) is 15.7. The fraction of sp³-hybridized carbons (Fsp3) is 0.280. The van der Waals surface area contributed by atoms with Crippen LogP contribution in [-0.2, 0) is 4.74 Å². The third-order valence-electron chi connectivity index (χ3n) is 5.28. The van der Waals surface area contributed by atoms with Gasteiger partial charge in [-0.1, -0.05) is 36.8 Å². The smallest absolute Gasteiger partial charge is 0.337 e. The minimum absolute atomic E-state index is 0.398. The number of carbonyl (C=O) groups is 1. The predicted octanol–water partition coefficient (Wildman–Crippen LogP) is 6.27. The molecule has 7 heteroatoms. The van der Waals surface area contributed by atoms with Crippen LogP contribution in [0.25, 0.3) is 10.6 Å². The lowest BCUT2D eigenvalue weighted by Crippen LogP contribution is -2.02. The third kappa shape index (κ3) is 5.45. The number of anilines is 1. The Morgan fingerprint density at radius 1 is 1.16 bits per heavy atom. The van der Waals surface area contributed by atoms with E-state index in [-0.39, 0.29) is 0 Å². The second-order valence-electron chi connectivity index (χ2n) is 7.42. The van der Waals surface area contributed by atoms with Gasteiger partial charge in [-0.2, -0.15) is 0 Å². The number of ether oxygens (including phenoxy) is 2. The first-order valence-corrected chi connectivity index (χ1v) is 12.1. The molecule has 0 atom stereocenters. The summed E-state index contributed by atoms with van der Waals surface area (Å²) >= 11 is 3.06. The molecule has 0 amide bonds. The molecule has 1 N–H and O–H groups in total. The molecule has 1 heterocycles. The summed E-state index contributed by atoms with van der Waals surface area (Å²) in [6, 6.07) is 13.4. The van der Waals surface area contributed by atoms with E-state index in [9.17, 15) is 4.79 Å². The average Bonchev–Trinajstić information content (AvgIpc) is 3.53. The maximum absolute atomic E-state index is 11.7. The predicted molar refractivity (Wildman–Crippen MR) is 130 cm³/mol. The zero-order valence-corrected chi connectivity index (χ0v) is 19.6. The van der Waals surface area contributed by atoms with Crippen LogP contribution < -0.4 is 9.46 Å². The van der Waals surface area contributed by atoms with Gasteiger partial charge in [-0.05, 0) is 55.1 Å². The molecule has 1 aliphatic carbocycles. The molecule has 0 bridgehead atoms. The summed E-state index contributed by atoms with van der Waals surface area (Å²) in [5.74, 6) is 7.45. The zero-order valence-electron chi connectivity index (χ0n) is 18.0. The molecule has 0 aliphatic heterocycles. The Morgan fingerprint density at radius 2 is 1.94 bits per heavy atom. The average molecular weight is 465 g/mol. The number of hydrogen-bond donors (Lipinski definition) is 1. The van der Waals surface area contributed by atoms with Crippen LogP contribution in [0.3, 0.4) is 0 Å². The Hall–Kier alpha value is -2.95. The minimum Gasteiger partial charge on any atom is -0.495 e. The fourth-order valence-electron chi connectivity index (χ4n) is 3.52. The number of rotatable bonds is 6. The van der Waals surface area contributed by atoms with Crippen LogP contribution in [-0.4, -0.2) is 25.2 Å². The van der Waals surface area contributed by atoms with Crippen molar-refractivity contribution in [1.29, 1.82) is 0 Å². The van der Waals surface area contributed by atoms with Crippen molar-refractivity contribution in [2.75, 3.05) is 18.9 Å². The van der Waals surface area contributed by atoms with Crippen LogP contribution in [0.4, 0.5) is 5.69 Å². The standard InChI is InChI=1S/C25H24N2O3S2/c1-29-22-15-20(25(28)30-2)13-14-21(22)27-32-23-16-26-24(31-23)19-11-9-18(10-12-19)8-7-17-5-3-4-6-17/h9-17,27H,3-6H2,1-2H3. The molecule has 0 radical (unpaired) electrons. The summed E-state index contributed by atoms with van der Waals surface area (Å²) in [4.78, 5) is 16.3. The van der Waals surface area contributed by atoms with Gasteiger partial charge in [0.1, 0.15) is 15.0 Å². The number of thiazole rings is 1. The van der Waals surface area contributed by atoms with Crippen LogP contribution in [0.15, 0.2) is 52.9 Å². The van der Waals surface area contributed by atoms with Crippen molar-refractivity contribution >= 4 is 34.9 Å². The van der Waals surface area contributed by atoms with Crippen LogP contribution in [0, 0.1) is 17.8 Å². The van der Waals surface area contributed by atoms with Crippen molar-refractivity contribution < 1.29 is 14.3 Å². The number of esters is 1. The Kier molecular flexibility index (Phi) is 7.35. The molecule has 32 heavy (non-hydrogen) atoms. The SMILES string of the molecule is COC(=O)c1ccc(NSc2cnc(-c3ccc(C#CC4CCCC4)cc3)s2)c(OC)c1. The van der Waals surface area contributed by atoms with Crippen molar-refractivity contribution in [3.05, 3.63) is 59.8 Å². The number of nitrogens with zero attached hydrogens (tertiary/aromatic N) is 1. The molecule has 2 aromatic carbocycles. The molecule has 1 fully saturated rings. The molecule has 1 aliphatic rings. The molecule has 5 nitrogen and oxygen atoms in total. The van der Waals surface area contributed by atoms with Gasteiger partial charge in [0.05, 0.1) is 31.7 Å². The highest BCUT2D eigenvalue weighted by Gasteiger charge is 2.13. The Labute approximate surface area is 196 Å². The molecule has 164 valence electrons. The van der Waals surface area contributed by atoms with Crippen molar-refractivity contribution in [2.45, 2.75) is 29.9 Å². The van der Waals surface area contributed by atoms with E-state index < -0.39 is 5.97 Å². The van der Waals surface area contributed by atoms with Crippen molar-refractivity contribution in [3.63, 3.8) is 0 Å². The van der Waals surface area contributed by atoms with E-state index >= 15 is 0 Å². The molecule has 0 saturated heterocycles. The highest BCUT2D eigenvalue weighted by molar-refractivity contribution is 8.02. The number of benzene rings is 2. The fourth-order valence-corrected chi connectivity index (χ4v) is 5.19. The molecule has 1 saturated carbocycles. The van der Waals surface area contributed by atoms with Gasteiger partial charge in [0, 0.05) is 17.0 Å². The zero-order chi connectivity index (χ0) is 22.3. The summed E-state index contributed by atoms with van der Waals surface area (Å²) in [5, 5.41) is 0.956. The number of nitrogens with one attached hydrogen (secondary N) is 1. The van der Waals surface area contributed by atoms with Gasteiger partial charge in [-0.3, -0.25) is 0 Å². The largest absolute Gasteiger partial charge is 0.495 e. The van der Waals surface area contributed by atoms with Gasteiger partial charge in [-0.15, -0.1) is 11.3 Å². The molecule has 4 rings (SSSR count). The van der Waals surface area contributed by atoms with E-state index in [1.807, 2.05) is 6.20 Å².